The standard InChI is InChI=1S/C39H39F4N5O3/c40-37-30-23-28(13-15-32(30)48(46-37)35-12-4-7-22-50-35)36(31(24-39(41,42)43)27-9-2-1-3-10-27)29-14-16-33(44-25-29)51-26-38(17-18-38)45-19-8-11-34(49)47-20-5-6-21-47/h1-3,5,8-11,13-16,20,23,25,35,45H,4,6-7,12,17-19,21-22,24,26H2/b11-8+,36-31-. The molecule has 1 aliphatic carbocycles. The third kappa shape index (κ3) is 8.23. The molecule has 1 N–H and O–H groups in total. The predicted octanol–water partition coefficient (Wildman–Crippen LogP) is 7.98. The third-order valence-electron chi connectivity index (χ3n) is 9.51. The molecule has 2 aromatic heterocycles. The van der Waals surface area contributed by atoms with E-state index in [0.717, 1.165) is 32.1 Å². The summed E-state index contributed by atoms with van der Waals surface area (Å²) in [6.07, 6.45) is 7.70. The van der Waals surface area contributed by atoms with Crippen molar-refractivity contribution in [2.24, 2.45) is 0 Å². The molecule has 3 aliphatic rings. The number of hydrogen-bond acceptors (Lipinski definition) is 6. The van der Waals surface area contributed by atoms with Crippen LogP contribution in [0.1, 0.15) is 67.9 Å². The number of rotatable bonds is 12. The molecule has 8 nitrogen and oxygen atoms in total. The van der Waals surface area contributed by atoms with Crippen LogP contribution in [0.2, 0.25) is 0 Å². The minimum atomic E-state index is -4.52. The Balaban J connectivity index is 1.15. The number of nitrogens with one attached hydrogen (secondary N) is 1. The number of alkyl halides is 3. The second-order valence-electron chi connectivity index (χ2n) is 13.2. The highest BCUT2D eigenvalue weighted by atomic mass is 19.4. The fourth-order valence-electron chi connectivity index (χ4n) is 6.64. The van der Waals surface area contributed by atoms with Gasteiger partial charge in [0.2, 0.25) is 17.7 Å². The Morgan fingerprint density at radius 2 is 1.88 bits per heavy atom. The first-order valence-electron chi connectivity index (χ1n) is 17.3. The zero-order chi connectivity index (χ0) is 35.4. The largest absolute Gasteiger partial charge is 0.476 e. The first-order valence-corrected chi connectivity index (χ1v) is 17.3. The van der Waals surface area contributed by atoms with E-state index >= 15 is 4.39 Å². The molecule has 1 unspecified atom stereocenters. The maximum atomic E-state index is 15.4. The number of fused-ring (bicyclic) bond motifs is 1. The van der Waals surface area contributed by atoms with Gasteiger partial charge in [-0.1, -0.05) is 48.6 Å². The van der Waals surface area contributed by atoms with Gasteiger partial charge in [0.1, 0.15) is 6.61 Å². The lowest BCUT2D eigenvalue weighted by Gasteiger charge is -2.23. The lowest BCUT2D eigenvalue weighted by molar-refractivity contribution is -0.124. The Morgan fingerprint density at radius 3 is 2.57 bits per heavy atom. The molecule has 4 heterocycles. The van der Waals surface area contributed by atoms with Crippen molar-refractivity contribution in [3.8, 4) is 5.88 Å². The van der Waals surface area contributed by atoms with Crippen LogP contribution in [0.3, 0.4) is 0 Å². The Bertz CT molecular complexity index is 1940. The van der Waals surface area contributed by atoms with E-state index in [0.29, 0.717) is 60.8 Å². The molecule has 4 aromatic rings. The van der Waals surface area contributed by atoms with Crippen LogP contribution in [0.25, 0.3) is 22.0 Å². The molecule has 1 atom stereocenters. The molecule has 2 aliphatic heterocycles. The maximum Gasteiger partial charge on any atom is 0.393 e. The quantitative estimate of drug-likeness (QED) is 0.0917. The molecule has 12 heteroatoms. The summed E-state index contributed by atoms with van der Waals surface area (Å²) in [5, 5.41) is 7.77. The fourth-order valence-corrected chi connectivity index (χ4v) is 6.64. The number of amides is 1. The Morgan fingerprint density at radius 1 is 1.06 bits per heavy atom. The number of halogens is 4. The maximum absolute atomic E-state index is 15.4. The van der Waals surface area contributed by atoms with E-state index in [-0.39, 0.29) is 28.0 Å². The summed E-state index contributed by atoms with van der Waals surface area (Å²) in [6.45, 7) is 2.10. The summed E-state index contributed by atoms with van der Waals surface area (Å²) in [7, 11) is 0. The molecule has 0 spiro atoms. The van der Waals surface area contributed by atoms with Crippen LogP contribution in [0.5, 0.6) is 5.88 Å². The van der Waals surface area contributed by atoms with Gasteiger partial charge in [-0.2, -0.15) is 17.6 Å². The molecular formula is C39H39F4N5O3. The van der Waals surface area contributed by atoms with Gasteiger partial charge >= 0.3 is 6.18 Å². The van der Waals surface area contributed by atoms with E-state index in [1.165, 1.54) is 10.9 Å². The first-order chi connectivity index (χ1) is 24.7. The summed E-state index contributed by atoms with van der Waals surface area (Å²) >= 11 is 0. The highest BCUT2D eigenvalue weighted by Crippen LogP contribution is 2.41. The Hall–Kier alpha value is -4.81. The Labute approximate surface area is 293 Å². The van der Waals surface area contributed by atoms with Crippen LogP contribution >= 0.6 is 0 Å². The summed E-state index contributed by atoms with van der Waals surface area (Å²) in [6, 6.07) is 16.7. The smallest absolute Gasteiger partial charge is 0.393 e. The predicted molar refractivity (Wildman–Crippen MR) is 186 cm³/mol. The monoisotopic (exact) mass is 701 g/mol. The van der Waals surface area contributed by atoms with Crippen molar-refractivity contribution < 1.29 is 31.8 Å². The van der Waals surface area contributed by atoms with E-state index < -0.39 is 24.8 Å². The topological polar surface area (TPSA) is 81.5 Å². The van der Waals surface area contributed by atoms with Crippen molar-refractivity contribution in [3.63, 3.8) is 0 Å². The third-order valence-corrected chi connectivity index (χ3v) is 9.51. The number of benzene rings is 2. The zero-order valence-electron chi connectivity index (χ0n) is 28.0. The van der Waals surface area contributed by atoms with Crippen LogP contribution in [0.4, 0.5) is 17.6 Å². The normalized spacial score (nSPS) is 19.1. The van der Waals surface area contributed by atoms with E-state index in [9.17, 15) is 18.0 Å². The van der Waals surface area contributed by atoms with Gasteiger partial charge < -0.3 is 19.7 Å². The van der Waals surface area contributed by atoms with Crippen molar-refractivity contribution in [2.75, 3.05) is 26.3 Å². The van der Waals surface area contributed by atoms with Crippen LogP contribution in [0, 0.1) is 5.95 Å². The van der Waals surface area contributed by atoms with Gasteiger partial charge in [0.25, 0.3) is 0 Å². The van der Waals surface area contributed by atoms with Crippen LogP contribution in [0.15, 0.2) is 91.3 Å². The molecule has 266 valence electrons. The van der Waals surface area contributed by atoms with Gasteiger partial charge in [-0.3, -0.25) is 4.79 Å². The van der Waals surface area contributed by atoms with Gasteiger partial charge in [-0.05, 0) is 79.0 Å². The van der Waals surface area contributed by atoms with E-state index in [1.807, 2.05) is 6.08 Å². The minimum Gasteiger partial charge on any atom is -0.476 e. The second-order valence-corrected chi connectivity index (χ2v) is 13.2. The van der Waals surface area contributed by atoms with Crippen molar-refractivity contribution in [1.82, 2.24) is 25.0 Å². The highest BCUT2D eigenvalue weighted by molar-refractivity contribution is 6.00. The molecule has 0 radical (unpaired) electrons. The lowest BCUT2D eigenvalue weighted by Crippen LogP contribution is -2.37. The number of hydrogen-bond donors (Lipinski definition) is 1. The van der Waals surface area contributed by atoms with Gasteiger partial charge in [-0.15, -0.1) is 5.10 Å². The van der Waals surface area contributed by atoms with E-state index in [1.54, 1.807) is 83.9 Å². The molecule has 0 bridgehead atoms. The fraction of sp³-hybridized carbons (Fsp3) is 0.359. The number of allylic oxidation sites excluding steroid dienone is 1. The van der Waals surface area contributed by atoms with Gasteiger partial charge in [0.05, 0.1) is 22.9 Å². The molecule has 1 amide bonds. The number of carbonyl (C=O) groups excluding carboxylic acids is 1. The molecule has 1 saturated heterocycles. The average molecular weight is 702 g/mol. The number of pyridine rings is 1. The van der Waals surface area contributed by atoms with E-state index in [2.05, 4.69) is 15.4 Å². The summed E-state index contributed by atoms with van der Waals surface area (Å²) in [4.78, 5) is 18.4. The number of aromatic nitrogens is 3. The lowest BCUT2D eigenvalue weighted by atomic mass is 9.88. The van der Waals surface area contributed by atoms with Gasteiger partial charge in [-0.25, -0.2) is 9.67 Å². The molecule has 2 aromatic carbocycles. The molecule has 51 heavy (non-hydrogen) atoms. The average Bonchev–Trinajstić information content (AvgIpc) is 3.52. The van der Waals surface area contributed by atoms with Gasteiger partial charge in [0.15, 0.2) is 6.23 Å². The summed E-state index contributed by atoms with van der Waals surface area (Å²) in [5.74, 6) is -0.443. The highest BCUT2D eigenvalue weighted by Gasteiger charge is 2.43. The molecular weight excluding hydrogens is 662 g/mol. The first kappa shape index (κ1) is 34.6. The number of carbonyl (C=O) groups is 1. The van der Waals surface area contributed by atoms with Crippen LogP contribution in [-0.2, 0) is 9.53 Å². The van der Waals surface area contributed by atoms with Gasteiger partial charge in [0, 0.05) is 49.8 Å². The van der Waals surface area contributed by atoms with E-state index in [4.69, 9.17) is 9.47 Å². The zero-order valence-corrected chi connectivity index (χ0v) is 28.0. The summed E-state index contributed by atoms with van der Waals surface area (Å²) < 4.78 is 71.5. The van der Waals surface area contributed by atoms with Crippen LogP contribution in [-0.4, -0.2) is 63.6 Å². The SMILES string of the molecule is O=C(/C=C/CNC1(COc2ccc(/C(=C(/CC(F)(F)F)c3ccccc3)c3ccc4c(c3)c(F)nn4C3CCCCO3)cn2)CC1)N1C=CCC1. The van der Waals surface area contributed by atoms with Crippen molar-refractivity contribution >= 4 is 28.0 Å². The van der Waals surface area contributed by atoms with Crippen molar-refractivity contribution in [2.45, 2.75) is 62.9 Å². The minimum absolute atomic E-state index is 0.0368. The van der Waals surface area contributed by atoms with Crippen LogP contribution < -0.4 is 10.1 Å². The molecule has 2 fully saturated rings. The van der Waals surface area contributed by atoms with Crippen molar-refractivity contribution in [1.29, 1.82) is 0 Å². The molecule has 7 rings (SSSR count). The number of nitrogens with zero attached hydrogens (tertiary/aromatic N) is 4. The molecule has 1 saturated carbocycles. The second kappa shape index (κ2) is 14.8. The summed E-state index contributed by atoms with van der Waals surface area (Å²) in [5.41, 5.74) is 1.81. The van der Waals surface area contributed by atoms with Crippen molar-refractivity contribution in [3.05, 3.63) is 114 Å². The number of ether oxygens (including phenoxy) is 2. The Kier molecular flexibility index (Phi) is 10.1.